The van der Waals surface area contributed by atoms with Gasteiger partial charge in [0.2, 0.25) is 0 Å². The van der Waals surface area contributed by atoms with Crippen molar-refractivity contribution in [1.82, 2.24) is 4.98 Å². The van der Waals surface area contributed by atoms with E-state index in [1.54, 1.807) is 0 Å². The molecule has 0 aliphatic carbocycles. The minimum Gasteiger partial charge on any atom is -0.399 e. The molecule has 0 bridgehead atoms. The van der Waals surface area contributed by atoms with Gasteiger partial charge in [-0.1, -0.05) is 11.6 Å². The van der Waals surface area contributed by atoms with Gasteiger partial charge in [-0.3, -0.25) is 0 Å². The van der Waals surface area contributed by atoms with Gasteiger partial charge in [0.05, 0.1) is 15.3 Å². The van der Waals surface area contributed by atoms with Crippen LogP contribution >= 0.6 is 11.6 Å². The number of aromatic nitrogens is 1. The van der Waals surface area contributed by atoms with Gasteiger partial charge in [0, 0.05) is 6.17 Å². The summed E-state index contributed by atoms with van der Waals surface area (Å²) in [6.07, 6.45) is -0.286. The number of nitrogens with zero attached hydrogens (tertiary/aromatic N) is 1. The summed E-state index contributed by atoms with van der Waals surface area (Å²) in [5, 5.41) is -0.120. The SMILES string of the molecule is [2H]c1nc(Cl)c([2H])c(B2OC(C)(C)C(C)(C)O2)c1[2H]. The van der Waals surface area contributed by atoms with Crippen molar-refractivity contribution < 1.29 is 13.4 Å². The third-order valence-corrected chi connectivity index (χ3v) is 3.25. The number of rotatable bonds is 1. The average molecular weight is 243 g/mol. The maximum absolute atomic E-state index is 7.90. The van der Waals surface area contributed by atoms with Gasteiger partial charge in [-0.25, -0.2) is 4.98 Å². The van der Waals surface area contributed by atoms with Crippen LogP contribution in [0, 0.1) is 0 Å². The molecule has 3 nitrogen and oxygen atoms in total. The highest BCUT2D eigenvalue weighted by molar-refractivity contribution is 6.62. The largest absolute Gasteiger partial charge is 0.494 e. The maximum Gasteiger partial charge on any atom is 0.494 e. The lowest BCUT2D eigenvalue weighted by Crippen LogP contribution is -2.41. The Bertz CT molecular complexity index is 497. The standard InChI is InChI=1S/C11H15BClNO2/c1-10(2)11(3,4)16-12(15-10)8-5-6-14-9(13)7-8/h5-7H,1-4H3/i5D,6D,7D. The third kappa shape index (κ3) is 1.97. The van der Waals surface area contributed by atoms with Crippen LogP contribution in [-0.4, -0.2) is 23.3 Å². The molecule has 0 unspecified atom stereocenters. The Kier molecular flexibility index (Phi) is 1.98. The molecule has 0 aromatic carbocycles. The summed E-state index contributed by atoms with van der Waals surface area (Å²) in [7, 11) is -0.880. The molecule has 1 saturated heterocycles. The van der Waals surface area contributed by atoms with E-state index in [0.29, 0.717) is 0 Å². The van der Waals surface area contributed by atoms with Crippen LogP contribution in [0.5, 0.6) is 0 Å². The van der Waals surface area contributed by atoms with Crippen LogP contribution in [0.15, 0.2) is 18.3 Å². The number of hydrogen-bond acceptors (Lipinski definition) is 3. The summed E-state index contributed by atoms with van der Waals surface area (Å²) in [6.45, 7) is 7.52. The summed E-state index contributed by atoms with van der Waals surface area (Å²) in [5.41, 5.74) is -0.994. The molecule has 0 atom stereocenters. The second kappa shape index (κ2) is 3.72. The quantitative estimate of drug-likeness (QED) is 0.558. The first kappa shape index (κ1) is 8.51. The highest BCUT2D eigenvalue weighted by Crippen LogP contribution is 2.36. The third-order valence-electron chi connectivity index (χ3n) is 3.07. The first-order chi connectivity index (χ1) is 8.57. The molecule has 1 fully saturated rings. The Hall–Kier alpha value is -0.575. The number of halogens is 1. The van der Waals surface area contributed by atoms with E-state index in [2.05, 4.69) is 4.98 Å². The first-order valence-corrected chi connectivity index (χ1v) is 5.43. The monoisotopic (exact) mass is 242 g/mol. The maximum atomic E-state index is 7.90. The van der Waals surface area contributed by atoms with Crippen molar-refractivity contribution in [2.75, 3.05) is 0 Å². The Morgan fingerprint density at radius 2 is 1.88 bits per heavy atom. The molecule has 0 N–H and O–H groups in total. The lowest BCUT2D eigenvalue weighted by Gasteiger charge is -2.32. The van der Waals surface area contributed by atoms with Crippen LogP contribution in [0.2, 0.25) is 5.15 Å². The fourth-order valence-electron chi connectivity index (χ4n) is 1.39. The van der Waals surface area contributed by atoms with E-state index < -0.39 is 18.3 Å². The van der Waals surface area contributed by atoms with Gasteiger partial charge in [0.25, 0.3) is 0 Å². The van der Waals surface area contributed by atoms with Crippen LogP contribution in [-0.2, 0) is 9.31 Å². The normalized spacial score (nSPS) is 25.1. The molecule has 1 aromatic rings. The zero-order chi connectivity index (χ0) is 14.6. The van der Waals surface area contributed by atoms with Crippen molar-refractivity contribution in [3.63, 3.8) is 0 Å². The Balaban J connectivity index is 2.51. The van der Waals surface area contributed by atoms with Gasteiger partial charge >= 0.3 is 7.12 Å². The minimum atomic E-state index is -0.880. The van der Waals surface area contributed by atoms with Gasteiger partial charge in [0.15, 0.2) is 0 Å². The van der Waals surface area contributed by atoms with Gasteiger partial charge in [-0.2, -0.15) is 0 Å². The van der Waals surface area contributed by atoms with E-state index in [1.807, 2.05) is 27.7 Å². The van der Waals surface area contributed by atoms with Gasteiger partial charge in [-0.15, -0.1) is 0 Å². The second-order valence-corrected chi connectivity index (χ2v) is 5.12. The number of hydrogen-bond donors (Lipinski definition) is 0. The Labute approximate surface area is 105 Å². The molecule has 16 heavy (non-hydrogen) atoms. The van der Waals surface area contributed by atoms with E-state index in [-0.39, 0.29) is 28.9 Å². The minimum absolute atomic E-state index is 0.120. The van der Waals surface area contributed by atoms with E-state index in [4.69, 9.17) is 25.0 Å². The van der Waals surface area contributed by atoms with Gasteiger partial charge in [-0.05, 0) is 45.2 Å². The van der Waals surface area contributed by atoms with Crippen molar-refractivity contribution >= 4 is 24.2 Å². The molecule has 1 aliphatic heterocycles. The molecule has 1 aliphatic rings. The fraction of sp³-hybridized carbons (Fsp3) is 0.545. The molecule has 0 saturated carbocycles. The summed E-state index contributed by atoms with van der Waals surface area (Å²) < 4.78 is 34.9. The number of pyridine rings is 1. The predicted molar refractivity (Wildman–Crippen MR) is 65.0 cm³/mol. The second-order valence-electron chi connectivity index (χ2n) is 4.77. The van der Waals surface area contributed by atoms with E-state index in [0.717, 1.165) is 0 Å². The van der Waals surface area contributed by atoms with Crippen LogP contribution in [0.1, 0.15) is 31.8 Å². The molecule has 0 amide bonds. The lowest BCUT2D eigenvalue weighted by molar-refractivity contribution is 0.00578. The topological polar surface area (TPSA) is 31.4 Å². The van der Waals surface area contributed by atoms with E-state index in [9.17, 15) is 0 Å². The average Bonchev–Trinajstić information content (AvgIpc) is 2.45. The summed E-state index contributed by atoms with van der Waals surface area (Å²) >= 11 is 5.80. The molecule has 0 radical (unpaired) electrons. The first-order valence-electron chi connectivity index (χ1n) is 6.55. The van der Waals surface area contributed by atoms with Gasteiger partial charge in [0.1, 0.15) is 5.15 Å². The van der Waals surface area contributed by atoms with Crippen molar-refractivity contribution in [3.05, 3.63) is 23.4 Å². The van der Waals surface area contributed by atoms with Crippen molar-refractivity contribution in [3.8, 4) is 0 Å². The predicted octanol–water partition coefficient (Wildman–Crippen LogP) is 2.03. The molecule has 86 valence electrons. The lowest BCUT2D eigenvalue weighted by atomic mass is 9.80. The molecule has 0 spiro atoms. The molecule has 2 heterocycles. The Morgan fingerprint density at radius 1 is 1.31 bits per heavy atom. The van der Waals surface area contributed by atoms with Crippen LogP contribution in [0.3, 0.4) is 0 Å². The van der Waals surface area contributed by atoms with Crippen LogP contribution < -0.4 is 5.46 Å². The zero-order valence-electron chi connectivity index (χ0n) is 12.7. The summed E-state index contributed by atoms with van der Waals surface area (Å²) in [6, 6.07) is -0.311. The van der Waals surface area contributed by atoms with Crippen LogP contribution in [0.25, 0.3) is 0 Å². The molecule has 2 rings (SSSR count). The zero-order valence-corrected chi connectivity index (χ0v) is 10.5. The summed E-state index contributed by atoms with van der Waals surface area (Å²) in [4.78, 5) is 3.62. The molecular formula is C11H15BClNO2. The molecule has 5 heteroatoms. The highest BCUT2D eigenvalue weighted by Gasteiger charge is 2.51. The summed E-state index contributed by atoms with van der Waals surface area (Å²) in [5.74, 6) is 0. The fourth-order valence-corrected chi connectivity index (χ4v) is 1.53. The molecular weight excluding hydrogens is 224 g/mol. The van der Waals surface area contributed by atoms with Crippen molar-refractivity contribution in [2.24, 2.45) is 0 Å². The smallest absolute Gasteiger partial charge is 0.399 e. The van der Waals surface area contributed by atoms with Crippen LogP contribution in [0.4, 0.5) is 0 Å². The van der Waals surface area contributed by atoms with E-state index in [1.165, 1.54) is 0 Å². The van der Waals surface area contributed by atoms with Gasteiger partial charge < -0.3 is 9.31 Å². The van der Waals surface area contributed by atoms with E-state index >= 15 is 0 Å². The molecule has 1 aromatic heterocycles. The van der Waals surface area contributed by atoms with Crippen molar-refractivity contribution in [2.45, 2.75) is 38.9 Å². The van der Waals surface area contributed by atoms with Crippen molar-refractivity contribution in [1.29, 1.82) is 0 Å². The Morgan fingerprint density at radius 3 is 2.44 bits per heavy atom. The highest BCUT2D eigenvalue weighted by atomic mass is 35.5.